The molecule has 2 fully saturated rings. The normalized spacial score (nSPS) is 27.9. The smallest absolute Gasteiger partial charge is 0.251 e. The van der Waals surface area contributed by atoms with Gasteiger partial charge in [-0.25, -0.2) is 0 Å². The van der Waals surface area contributed by atoms with Gasteiger partial charge < -0.3 is 10.1 Å². The first-order chi connectivity index (χ1) is 9.81. The molecular formula is C16H16N2O2. The molecule has 0 spiro atoms. The summed E-state index contributed by atoms with van der Waals surface area (Å²) in [5, 5.41) is 4.13. The number of benzene rings is 1. The molecule has 1 aliphatic carbocycles. The van der Waals surface area contributed by atoms with Crippen LogP contribution in [0.3, 0.4) is 0 Å². The van der Waals surface area contributed by atoms with Gasteiger partial charge in [-0.05, 0) is 37.1 Å². The zero-order valence-corrected chi connectivity index (χ0v) is 11.1. The first-order valence-electron chi connectivity index (χ1n) is 7.08. The molecule has 1 aromatic heterocycles. The minimum Gasteiger partial charge on any atom is -0.378 e. The van der Waals surface area contributed by atoms with E-state index >= 15 is 0 Å². The molecule has 20 heavy (non-hydrogen) atoms. The Kier molecular flexibility index (Phi) is 2.70. The first-order valence-corrected chi connectivity index (χ1v) is 7.08. The lowest BCUT2D eigenvalue weighted by atomic mass is 9.76. The summed E-state index contributed by atoms with van der Waals surface area (Å²) < 4.78 is 5.57. The van der Waals surface area contributed by atoms with Gasteiger partial charge in [-0.1, -0.05) is 6.07 Å². The van der Waals surface area contributed by atoms with Crippen molar-refractivity contribution < 1.29 is 9.53 Å². The minimum atomic E-state index is 0.00565. The fourth-order valence-electron chi connectivity index (χ4n) is 3.23. The van der Waals surface area contributed by atoms with E-state index in [1.165, 1.54) is 0 Å². The maximum Gasteiger partial charge on any atom is 0.251 e. The summed E-state index contributed by atoms with van der Waals surface area (Å²) in [5.41, 5.74) is 1.62. The molecule has 1 saturated heterocycles. The number of hydrogen-bond acceptors (Lipinski definition) is 3. The summed E-state index contributed by atoms with van der Waals surface area (Å²) in [7, 11) is 0. The monoisotopic (exact) mass is 268 g/mol. The summed E-state index contributed by atoms with van der Waals surface area (Å²) in [6, 6.07) is 9.77. The summed E-state index contributed by atoms with van der Waals surface area (Å²) in [6.45, 7) is 0.837. The third-order valence-corrected chi connectivity index (χ3v) is 4.45. The van der Waals surface area contributed by atoms with Crippen LogP contribution in [0, 0.1) is 5.92 Å². The number of pyridine rings is 1. The van der Waals surface area contributed by atoms with E-state index in [1.54, 1.807) is 6.20 Å². The van der Waals surface area contributed by atoms with E-state index in [1.807, 2.05) is 30.3 Å². The van der Waals surface area contributed by atoms with Crippen molar-refractivity contribution in [2.24, 2.45) is 5.92 Å². The maximum absolute atomic E-state index is 12.3. The van der Waals surface area contributed by atoms with Crippen LogP contribution in [0.25, 0.3) is 10.9 Å². The van der Waals surface area contributed by atoms with Crippen molar-refractivity contribution >= 4 is 16.8 Å². The van der Waals surface area contributed by atoms with Crippen molar-refractivity contribution in [3.05, 3.63) is 42.1 Å². The molecule has 1 N–H and O–H groups in total. The molecule has 3 atom stereocenters. The van der Waals surface area contributed by atoms with Crippen molar-refractivity contribution in [3.8, 4) is 0 Å². The number of fused-ring (bicyclic) bond motifs is 2. The van der Waals surface area contributed by atoms with Crippen LogP contribution in [-0.2, 0) is 4.74 Å². The average molecular weight is 268 g/mol. The summed E-state index contributed by atoms with van der Waals surface area (Å²) >= 11 is 0. The van der Waals surface area contributed by atoms with Crippen molar-refractivity contribution in [2.45, 2.75) is 25.0 Å². The highest BCUT2D eigenvalue weighted by atomic mass is 16.5. The zero-order chi connectivity index (χ0) is 13.5. The number of rotatable bonds is 2. The Bertz CT molecular complexity index is 670. The number of carbonyl (C=O) groups excluding carboxylic acids is 1. The number of carbonyl (C=O) groups is 1. The Labute approximate surface area is 117 Å². The van der Waals surface area contributed by atoms with Gasteiger partial charge in [0, 0.05) is 35.7 Å². The van der Waals surface area contributed by atoms with E-state index in [0.717, 1.165) is 30.4 Å². The van der Waals surface area contributed by atoms with Crippen LogP contribution < -0.4 is 5.32 Å². The van der Waals surface area contributed by atoms with E-state index in [-0.39, 0.29) is 11.9 Å². The van der Waals surface area contributed by atoms with Crippen molar-refractivity contribution in [1.29, 1.82) is 0 Å². The summed E-state index contributed by atoms with van der Waals surface area (Å²) in [5.74, 6) is 0.521. The highest BCUT2D eigenvalue weighted by molar-refractivity contribution is 5.98. The Morgan fingerprint density at radius 2 is 2.30 bits per heavy atom. The third kappa shape index (κ3) is 1.88. The van der Waals surface area contributed by atoms with Crippen LogP contribution in [0.1, 0.15) is 23.2 Å². The van der Waals surface area contributed by atoms with Crippen LogP contribution in [0.15, 0.2) is 36.5 Å². The van der Waals surface area contributed by atoms with Gasteiger partial charge in [0.25, 0.3) is 5.91 Å². The van der Waals surface area contributed by atoms with Crippen LogP contribution in [-0.4, -0.2) is 29.6 Å². The standard InChI is InChI=1S/C16H16N2O2/c19-16(18-14-9-15-12(14)5-7-20-15)11-3-4-13-10(8-11)2-1-6-17-13/h1-4,6,8,12,14-15H,5,7,9H2,(H,18,19)/t12-,14-,15+/m1/s1. The Hall–Kier alpha value is -1.94. The lowest BCUT2D eigenvalue weighted by Gasteiger charge is -2.39. The van der Waals surface area contributed by atoms with Crippen LogP contribution in [0.2, 0.25) is 0 Å². The highest BCUT2D eigenvalue weighted by Crippen LogP contribution is 2.38. The van der Waals surface area contributed by atoms with Gasteiger partial charge in [-0.2, -0.15) is 0 Å². The molecule has 0 bridgehead atoms. The van der Waals surface area contributed by atoms with Gasteiger partial charge in [0.2, 0.25) is 0 Å². The lowest BCUT2D eigenvalue weighted by Crippen LogP contribution is -2.53. The van der Waals surface area contributed by atoms with Gasteiger partial charge in [-0.15, -0.1) is 0 Å². The average Bonchev–Trinajstić information content (AvgIpc) is 2.85. The second-order valence-electron chi connectivity index (χ2n) is 5.59. The number of aromatic nitrogens is 1. The van der Waals surface area contributed by atoms with Gasteiger partial charge >= 0.3 is 0 Å². The molecule has 2 aliphatic rings. The Balaban J connectivity index is 1.52. The van der Waals surface area contributed by atoms with Crippen molar-refractivity contribution in [3.63, 3.8) is 0 Å². The van der Waals surface area contributed by atoms with E-state index in [0.29, 0.717) is 17.6 Å². The zero-order valence-electron chi connectivity index (χ0n) is 11.1. The first kappa shape index (κ1) is 11.9. The fourth-order valence-corrected chi connectivity index (χ4v) is 3.23. The summed E-state index contributed by atoms with van der Waals surface area (Å²) in [6.07, 6.45) is 4.15. The number of amides is 1. The van der Waals surface area contributed by atoms with Crippen LogP contribution >= 0.6 is 0 Å². The fraction of sp³-hybridized carbons (Fsp3) is 0.375. The van der Waals surface area contributed by atoms with Gasteiger partial charge in [-0.3, -0.25) is 9.78 Å². The topological polar surface area (TPSA) is 51.2 Å². The van der Waals surface area contributed by atoms with E-state index in [2.05, 4.69) is 10.3 Å². The molecule has 4 heteroatoms. The van der Waals surface area contributed by atoms with E-state index < -0.39 is 0 Å². The molecule has 4 rings (SSSR count). The van der Waals surface area contributed by atoms with Crippen LogP contribution in [0.4, 0.5) is 0 Å². The molecule has 102 valence electrons. The van der Waals surface area contributed by atoms with Gasteiger partial charge in [0.1, 0.15) is 0 Å². The predicted octanol–water partition coefficient (Wildman–Crippen LogP) is 2.14. The molecule has 2 aromatic rings. The van der Waals surface area contributed by atoms with Gasteiger partial charge in [0.15, 0.2) is 0 Å². The third-order valence-electron chi connectivity index (χ3n) is 4.45. The highest BCUT2D eigenvalue weighted by Gasteiger charge is 2.45. The molecule has 1 amide bonds. The van der Waals surface area contributed by atoms with E-state index in [4.69, 9.17) is 4.74 Å². The molecule has 4 nitrogen and oxygen atoms in total. The number of ether oxygens (including phenoxy) is 1. The second kappa shape index (κ2) is 4.56. The van der Waals surface area contributed by atoms with E-state index in [9.17, 15) is 4.79 Å². The number of nitrogens with zero attached hydrogens (tertiary/aromatic N) is 1. The molecule has 1 aromatic carbocycles. The minimum absolute atomic E-state index is 0.00565. The number of nitrogens with one attached hydrogen (secondary N) is 1. The molecule has 0 radical (unpaired) electrons. The Morgan fingerprint density at radius 3 is 3.20 bits per heavy atom. The summed E-state index contributed by atoms with van der Waals surface area (Å²) in [4.78, 5) is 16.6. The molecule has 1 aliphatic heterocycles. The van der Waals surface area contributed by atoms with Gasteiger partial charge in [0.05, 0.1) is 11.6 Å². The quantitative estimate of drug-likeness (QED) is 0.908. The Morgan fingerprint density at radius 1 is 1.35 bits per heavy atom. The molecule has 2 heterocycles. The lowest BCUT2D eigenvalue weighted by molar-refractivity contribution is 0.00810. The molecule has 1 saturated carbocycles. The molecular weight excluding hydrogens is 252 g/mol. The SMILES string of the molecule is O=C(N[C@@H]1C[C@@H]2OCC[C@@H]21)c1ccc2ncccc2c1. The van der Waals surface area contributed by atoms with Crippen molar-refractivity contribution in [2.75, 3.05) is 6.61 Å². The predicted molar refractivity (Wildman–Crippen MR) is 75.5 cm³/mol. The van der Waals surface area contributed by atoms with Crippen molar-refractivity contribution in [1.82, 2.24) is 10.3 Å². The largest absolute Gasteiger partial charge is 0.378 e. The molecule has 0 unspecified atom stereocenters. The second-order valence-corrected chi connectivity index (χ2v) is 5.59. The maximum atomic E-state index is 12.3. The number of hydrogen-bond donors (Lipinski definition) is 1. The van der Waals surface area contributed by atoms with Crippen LogP contribution in [0.5, 0.6) is 0 Å².